The van der Waals surface area contributed by atoms with Crippen LogP contribution in [-0.4, -0.2) is 54.2 Å². The van der Waals surface area contributed by atoms with E-state index in [-0.39, 0.29) is 11.9 Å². The third-order valence-corrected chi connectivity index (χ3v) is 6.01. The van der Waals surface area contributed by atoms with Crippen molar-refractivity contribution in [3.63, 3.8) is 0 Å². The molecule has 1 aliphatic rings. The molecule has 5 heterocycles. The quantitative estimate of drug-likeness (QED) is 0.566. The predicted octanol–water partition coefficient (Wildman–Crippen LogP) is 1.69. The largest absolute Gasteiger partial charge is 0.351 e. The average Bonchev–Trinajstić information content (AvgIpc) is 3.47. The standard InChI is InChI=1S/C18H18N8OS/c1-12-14(28-18(21-12)24-6-2-3-7-24)17(27)22-13-4-8-25(10-13)15-16-23-20-11-26(16)9-5-19-15/h2-3,5-7,9,11,13H,4,8,10H2,1H3,(H,22,27)/t13-/m1/s1. The van der Waals surface area contributed by atoms with Gasteiger partial charge in [0.05, 0.1) is 5.69 Å². The third kappa shape index (κ3) is 2.91. The normalized spacial score (nSPS) is 16.8. The van der Waals surface area contributed by atoms with Gasteiger partial charge in [-0.1, -0.05) is 11.3 Å². The van der Waals surface area contributed by atoms with Gasteiger partial charge in [-0.25, -0.2) is 9.97 Å². The lowest BCUT2D eigenvalue weighted by molar-refractivity contribution is 0.0943. The Labute approximate surface area is 164 Å². The summed E-state index contributed by atoms with van der Waals surface area (Å²) in [4.78, 5) is 24.6. The van der Waals surface area contributed by atoms with Gasteiger partial charge >= 0.3 is 0 Å². The van der Waals surface area contributed by atoms with Crippen molar-refractivity contribution < 1.29 is 4.79 Å². The summed E-state index contributed by atoms with van der Waals surface area (Å²) in [6.45, 7) is 3.36. The predicted molar refractivity (Wildman–Crippen MR) is 105 cm³/mol. The zero-order valence-corrected chi connectivity index (χ0v) is 16.0. The van der Waals surface area contributed by atoms with Crippen LogP contribution in [0, 0.1) is 6.92 Å². The Kier molecular flexibility index (Phi) is 4.05. The maximum Gasteiger partial charge on any atom is 0.263 e. The minimum Gasteiger partial charge on any atom is -0.351 e. The van der Waals surface area contributed by atoms with Gasteiger partial charge < -0.3 is 14.8 Å². The molecule has 4 aromatic heterocycles. The number of carbonyl (C=O) groups excluding carboxylic acids is 1. The molecule has 0 radical (unpaired) electrons. The second-order valence-corrected chi connectivity index (χ2v) is 7.70. The molecule has 0 bridgehead atoms. The number of aromatic nitrogens is 6. The van der Waals surface area contributed by atoms with E-state index in [0.29, 0.717) is 11.4 Å². The van der Waals surface area contributed by atoms with Crippen LogP contribution in [0.15, 0.2) is 43.2 Å². The van der Waals surface area contributed by atoms with Crippen molar-refractivity contribution in [3.8, 4) is 5.13 Å². The van der Waals surface area contributed by atoms with Gasteiger partial charge in [-0.3, -0.25) is 9.20 Å². The van der Waals surface area contributed by atoms with Gasteiger partial charge in [-0.05, 0) is 25.5 Å². The first-order chi connectivity index (χ1) is 13.7. The topological polar surface area (TPSA) is 93.2 Å². The van der Waals surface area contributed by atoms with Crippen LogP contribution in [0.4, 0.5) is 5.82 Å². The Morgan fingerprint density at radius 2 is 2.14 bits per heavy atom. The molecule has 28 heavy (non-hydrogen) atoms. The molecule has 0 aliphatic carbocycles. The Morgan fingerprint density at radius 1 is 1.29 bits per heavy atom. The zero-order chi connectivity index (χ0) is 19.1. The molecule has 1 fully saturated rings. The highest BCUT2D eigenvalue weighted by molar-refractivity contribution is 7.16. The second-order valence-electron chi connectivity index (χ2n) is 6.72. The molecule has 1 N–H and O–H groups in total. The van der Waals surface area contributed by atoms with E-state index < -0.39 is 0 Å². The SMILES string of the molecule is Cc1nc(-n2cccc2)sc1C(=O)N[C@@H]1CCN(c2nccn3cnnc23)C1. The molecule has 1 amide bonds. The Hall–Kier alpha value is -3.27. The molecule has 1 atom stereocenters. The molecule has 10 heteroatoms. The number of hydrogen-bond acceptors (Lipinski definition) is 7. The average molecular weight is 394 g/mol. The lowest BCUT2D eigenvalue weighted by Gasteiger charge is -2.18. The van der Waals surface area contributed by atoms with Gasteiger partial charge in [0.15, 0.2) is 10.9 Å². The molecular formula is C18H18N8OS. The molecule has 4 aromatic rings. The van der Waals surface area contributed by atoms with E-state index in [1.807, 2.05) is 46.6 Å². The van der Waals surface area contributed by atoms with E-state index >= 15 is 0 Å². The monoisotopic (exact) mass is 394 g/mol. The van der Waals surface area contributed by atoms with Gasteiger partial charge in [0, 0.05) is 43.9 Å². The van der Waals surface area contributed by atoms with Crippen molar-refractivity contribution in [1.82, 2.24) is 34.4 Å². The lowest BCUT2D eigenvalue weighted by atomic mass is 10.2. The Morgan fingerprint density at radius 3 is 3.00 bits per heavy atom. The maximum absolute atomic E-state index is 12.8. The summed E-state index contributed by atoms with van der Waals surface area (Å²) in [6, 6.07) is 3.93. The molecule has 1 aliphatic heterocycles. The Bertz CT molecular complexity index is 1130. The van der Waals surface area contributed by atoms with Crippen molar-refractivity contribution in [2.24, 2.45) is 0 Å². The molecular weight excluding hydrogens is 376 g/mol. The summed E-state index contributed by atoms with van der Waals surface area (Å²) >= 11 is 1.40. The first-order valence-corrected chi connectivity index (χ1v) is 9.81. The summed E-state index contributed by atoms with van der Waals surface area (Å²) < 4.78 is 3.76. The van der Waals surface area contributed by atoms with Gasteiger partial charge in [-0.2, -0.15) is 0 Å². The van der Waals surface area contributed by atoms with Crippen molar-refractivity contribution >= 4 is 28.7 Å². The fourth-order valence-electron chi connectivity index (χ4n) is 3.46. The minimum absolute atomic E-state index is 0.0500. The first kappa shape index (κ1) is 16.9. The van der Waals surface area contributed by atoms with E-state index in [9.17, 15) is 4.79 Å². The first-order valence-electron chi connectivity index (χ1n) is 9.00. The van der Waals surface area contributed by atoms with Crippen LogP contribution in [0.5, 0.6) is 0 Å². The summed E-state index contributed by atoms with van der Waals surface area (Å²) in [5.74, 6) is 0.717. The van der Waals surface area contributed by atoms with E-state index in [4.69, 9.17) is 0 Å². The number of fused-ring (bicyclic) bond motifs is 1. The van der Waals surface area contributed by atoms with Crippen LogP contribution >= 0.6 is 11.3 Å². The lowest BCUT2D eigenvalue weighted by Crippen LogP contribution is -2.37. The highest BCUT2D eigenvalue weighted by Crippen LogP contribution is 2.24. The highest BCUT2D eigenvalue weighted by Gasteiger charge is 2.28. The molecule has 0 saturated carbocycles. The summed E-state index contributed by atoms with van der Waals surface area (Å²) in [5, 5.41) is 12.0. The zero-order valence-electron chi connectivity index (χ0n) is 15.2. The Balaban J connectivity index is 1.30. The molecule has 0 unspecified atom stereocenters. The molecule has 1 saturated heterocycles. The minimum atomic E-state index is -0.0751. The van der Waals surface area contributed by atoms with Crippen molar-refractivity contribution in [2.45, 2.75) is 19.4 Å². The fraction of sp³-hybridized carbons (Fsp3) is 0.278. The molecule has 142 valence electrons. The second kappa shape index (κ2) is 6.71. The van der Waals surface area contributed by atoms with Crippen LogP contribution < -0.4 is 10.2 Å². The van der Waals surface area contributed by atoms with Gasteiger partial charge in [0.2, 0.25) is 5.65 Å². The maximum atomic E-state index is 12.8. The van der Waals surface area contributed by atoms with E-state index in [0.717, 1.165) is 35.3 Å². The van der Waals surface area contributed by atoms with Crippen molar-refractivity contribution in [3.05, 3.63) is 53.8 Å². The van der Waals surface area contributed by atoms with E-state index in [2.05, 4.69) is 30.4 Å². The molecule has 9 nitrogen and oxygen atoms in total. The number of thiazole rings is 1. The number of aryl methyl sites for hydroxylation is 1. The molecule has 0 spiro atoms. The number of hydrogen-bond donors (Lipinski definition) is 1. The molecule has 5 rings (SSSR count). The van der Waals surface area contributed by atoms with Crippen LogP contribution in [0.3, 0.4) is 0 Å². The molecule has 0 aromatic carbocycles. The number of carbonyl (C=O) groups is 1. The van der Waals surface area contributed by atoms with Gasteiger partial charge in [-0.15, -0.1) is 10.2 Å². The summed E-state index contributed by atoms with van der Waals surface area (Å²) in [7, 11) is 0. The van der Waals surface area contributed by atoms with Crippen molar-refractivity contribution in [2.75, 3.05) is 18.0 Å². The number of nitrogens with zero attached hydrogens (tertiary/aromatic N) is 7. The van der Waals surface area contributed by atoms with Gasteiger partial charge in [0.25, 0.3) is 5.91 Å². The van der Waals surface area contributed by atoms with Crippen LogP contribution in [0.25, 0.3) is 10.8 Å². The van der Waals surface area contributed by atoms with Gasteiger partial charge in [0.1, 0.15) is 11.2 Å². The summed E-state index contributed by atoms with van der Waals surface area (Å²) in [6.07, 6.45) is 9.92. The van der Waals surface area contributed by atoms with E-state index in [1.54, 1.807) is 12.5 Å². The summed E-state index contributed by atoms with van der Waals surface area (Å²) in [5.41, 5.74) is 1.47. The highest BCUT2D eigenvalue weighted by atomic mass is 32.1. The fourth-order valence-corrected chi connectivity index (χ4v) is 4.39. The number of anilines is 1. The van der Waals surface area contributed by atoms with Crippen molar-refractivity contribution in [1.29, 1.82) is 0 Å². The van der Waals surface area contributed by atoms with Crippen LogP contribution in [0.1, 0.15) is 21.8 Å². The van der Waals surface area contributed by atoms with E-state index in [1.165, 1.54) is 11.3 Å². The van der Waals surface area contributed by atoms with Crippen LogP contribution in [0.2, 0.25) is 0 Å². The third-order valence-electron chi connectivity index (χ3n) is 4.84. The number of nitrogens with one attached hydrogen (secondary N) is 1. The number of amides is 1. The smallest absolute Gasteiger partial charge is 0.263 e. The van der Waals surface area contributed by atoms with Crippen LogP contribution in [-0.2, 0) is 0 Å². The number of rotatable bonds is 4.